The summed E-state index contributed by atoms with van der Waals surface area (Å²) in [6, 6.07) is 10.1. The normalized spacial score (nSPS) is 30.7. The van der Waals surface area contributed by atoms with Gasteiger partial charge >= 0.3 is 5.97 Å². The van der Waals surface area contributed by atoms with E-state index in [0.29, 0.717) is 40.4 Å². The van der Waals surface area contributed by atoms with E-state index in [1.54, 1.807) is 11.3 Å². The average molecular weight is 800 g/mol. The van der Waals surface area contributed by atoms with Crippen molar-refractivity contribution in [2.75, 3.05) is 43.0 Å². The molecule has 6 aliphatic rings. The van der Waals surface area contributed by atoms with Crippen LogP contribution in [0.3, 0.4) is 0 Å². The summed E-state index contributed by atoms with van der Waals surface area (Å²) in [6.45, 7) is 17.2. The molecule has 58 heavy (non-hydrogen) atoms. The average Bonchev–Trinajstić information content (AvgIpc) is 4.00. The van der Waals surface area contributed by atoms with Gasteiger partial charge in [0, 0.05) is 53.0 Å². The molecular formula is C45H53N9O3S. The molecule has 0 radical (unpaired) electrons. The van der Waals surface area contributed by atoms with Crippen LogP contribution < -0.4 is 10.2 Å². The van der Waals surface area contributed by atoms with Gasteiger partial charge in [-0.3, -0.25) is 4.68 Å². The lowest BCUT2D eigenvalue weighted by Crippen LogP contribution is -2.82. The summed E-state index contributed by atoms with van der Waals surface area (Å²) in [5, 5.41) is 29.0. The molecule has 5 aromatic rings. The smallest absolute Gasteiger partial charge is 0.355 e. The number of pyridine rings is 1. The van der Waals surface area contributed by atoms with Gasteiger partial charge in [-0.15, -0.1) is 10.2 Å². The molecule has 11 rings (SSSR count). The number of hydrogen-bond donors (Lipinski definition) is 2. The molecule has 4 aromatic heterocycles. The van der Waals surface area contributed by atoms with E-state index < -0.39 is 5.97 Å². The third-order valence-electron chi connectivity index (χ3n) is 15.7. The van der Waals surface area contributed by atoms with Crippen molar-refractivity contribution in [1.82, 2.24) is 34.8 Å². The maximum Gasteiger partial charge on any atom is 0.355 e. The first kappa shape index (κ1) is 36.6. The SMILES string of the molecule is Cc1ccc2nc(Nc3nnc4c(c3C)CCCN4c3ccc(-c4cnn(CC56CC7(C)CC8(OCCN9CCCC9)CC(C)(C5)C78C6)c4C)c(C(=O)O)n3)sc2c1. The van der Waals surface area contributed by atoms with E-state index >= 15 is 0 Å². The van der Waals surface area contributed by atoms with Crippen LogP contribution in [-0.2, 0) is 17.7 Å². The molecule has 2 aliphatic heterocycles. The Morgan fingerprint density at radius 2 is 1.72 bits per heavy atom. The van der Waals surface area contributed by atoms with E-state index in [1.165, 1.54) is 63.6 Å². The van der Waals surface area contributed by atoms with Crippen LogP contribution >= 0.6 is 11.3 Å². The predicted octanol–water partition coefficient (Wildman–Crippen LogP) is 8.64. The van der Waals surface area contributed by atoms with Crippen LogP contribution in [-0.4, -0.2) is 84.3 Å². The molecule has 12 nitrogen and oxygen atoms in total. The van der Waals surface area contributed by atoms with Gasteiger partial charge in [-0.2, -0.15) is 5.10 Å². The van der Waals surface area contributed by atoms with Crippen LogP contribution in [0.25, 0.3) is 21.3 Å². The number of aromatic nitrogens is 6. The number of carboxylic acid groups (broad SMARTS) is 1. The molecule has 13 heteroatoms. The van der Waals surface area contributed by atoms with Crippen LogP contribution in [0, 0.1) is 42.4 Å². The first-order valence-corrected chi connectivity index (χ1v) is 22.1. The fourth-order valence-electron chi connectivity index (χ4n) is 14.0. The zero-order valence-corrected chi connectivity index (χ0v) is 35.1. The molecule has 2 atom stereocenters. The highest BCUT2D eigenvalue weighted by Gasteiger charge is 2.93. The summed E-state index contributed by atoms with van der Waals surface area (Å²) in [5.74, 6) is 0.884. The summed E-state index contributed by atoms with van der Waals surface area (Å²) >= 11 is 1.60. The zero-order chi connectivity index (χ0) is 39.8. The fourth-order valence-corrected chi connectivity index (χ4v) is 15.0. The van der Waals surface area contributed by atoms with Crippen molar-refractivity contribution in [2.24, 2.45) is 21.7 Å². The standard InChI is InChI=1S/C45H53N9O3S/c1-27-10-12-33-34(19-27)58-40(47-33)49-37-28(2)30-9-8-16-53(38(30)51-50-37)35-13-11-31(36(48-35)39(55)56)32-20-46-54(29(32)3)26-43-21-41(4)23-44(57-18-17-52-14-6-7-15-52)24-42(5,22-43)45(41,44)25-43/h10-13,19-20H,6-9,14-18,21-26H2,1-5H3,(H,55,56)(H,47,49,50). The number of aromatic carboxylic acids is 1. The van der Waals surface area contributed by atoms with Crippen LogP contribution in [0.4, 0.5) is 22.6 Å². The minimum atomic E-state index is -1.06. The minimum Gasteiger partial charge on any atom is -0.476 e. The number of anilines is 4. The van der Waals surface area contributed by atoms with Crippen LogP contribution in [0.15, 0.2) is 36.5 Å². The summed E-state index contributed by atoms with van der Waals surface area (Å²) < 4.78 is 10.2. The third kappa shape index (κ3) is 5.04. The number of carbonyl (C=O) groups is 1. The molecule has 4 saturated carbocycles. The van der Waals surface area contributed by atoms with Crippen molar-refractivity contribution in [3.63, 3.8) is 0 Å². The second kappa shape index (κ2) is 12.5. The maximum absolute atomic E-state index is 12.9. The monoisotopic (exact) mass is 799 g/mol. The Morgan fingerprint density at radius 1 is 0.931 bits per heavy atom. The molecule has 4 aliphatic carbocycles. The highest BCUT2D eigenvalue weighted by molar-refractivity contribution is 7.22. The number of rotatable bonds is 11. The van der Waals surface area contributed by atoms with Crippen LogP contribution in [0.5, 0.6) is 0 Å². The summed E-state index contributed by atoms with van der Waals surface area (Å²) in [7, 11) is 0. The topological polar surface area (TPSA) is 134 Å². The Hall–Kier alpha value is -4.46. The molecule has 6 heterocycles. The number of ether oxygens (including phenoxy) is 1. The predicted molar refractivity (Wildman–Crippen MR) is 225 cm³/mol. The molecule has 302 valence electrons. The summed E-state index contributed by atoms with van der Waals surface area (Å²) in [5.41, 5.74) is 7.70. The first-order valence-electron chi connectivity index (χ1n) is 21.3. The fraction of sp³-hybridized carbons (Fsp3) is 0.556. The second-order valence-corrected chi connectivity index (χ2v) is 20.4. The Morgan fingerprint density at radius 3 is 2.50 bits per heavy atom. The molecule has 1 spiro atoms. The number of likely N-dealkylation sites (tertiary alicyclic amines) is 1. The zero-order valence-electron chi connectivity index (χ0n) is 34.3. The highest BCUT2D eigenvalue weighted by Crippen LogP contribution is 2.95. The van der Waals surface area contributed by atoms with Gasteiger partial charge in [-0.25, -0.2) is 14.8 Å². The van der Waals surface area contributed by atoms with Gasteiger partial charge in [0.15, 0.2) is 22.5 Å². The number of nitrogens with zero attached hydrogens (tertiary/aromatic N) is 8. The molecule has 2 unspecified atom stereocenters. The molecule has 2 bridgehead atoms. The van der Waals surface area contributed by atoms with Gasteiger partial charge in [0.1, 0.15) is 5.82 Å². The lowest BCUT2D eigenvalue weighted by atomic mass is 9.25. The number of benzene rings is 1. The van der Waals surface area contributed by atoms with Crippen molar-refractivity contribution in [2.45, 2.75) is 105 Å². The number of carboxylic acids is 1. The van der Waals surface area contributed by atoms with Crippen LogP contribution in [0.2, 0.25) is 0 Å². The lowest BCUT2D eigenvalue weighted by Gasteiger charge is -2.82. The Bertz CT molecular complexity index is 2500. The molecule has 0 amide bonds. The maximum atomic E-state index is 12.9. The van der Waals surface area contributed by atoms with Crippen molar-refractivity contribution in [3.8, 4) is 11.1 Å². The first-order chi connectivity index (χ1) is 27.8. The number of nitrogens with one attached hydrogen (secondary N) is 1. The summed E-state index contributed by atoms with van der Waals surface area (Å²) in [4.78, 5) is 27.1. The van der Waals surface area contributed by atoms with E-state index in [0.717, 1.165) is 70.3 Å². The number of hydrogen-bond acceptors (Lipinski definition) is 11. The largest absolute Gasteiger partial charge is 0.476 e. The lowest BCUT2D eigenvalue weighted by molar-refractivity contribution is -0.397. The highest BCUT2D eigenvalue weighted by atomic mass is 32.1. The van der Waals surface area contributed by atoms with Gasteiger partial charge in [-0.1, -0.05) is 31.3 Å². The van der Waals surface area contributed by atoms with E-state index in [9.17, 15) is 9.90 Å². The third-order valence-corrected chi connectivity index (χ3v) is 16.7. The quantitative estimate of drug-likeness (QED) is 0.133. The van der Waals surface area contributed by atoms with Gasteiger partial charge in [0.05, 0.1) is 28.6 Å². The number of fused-ring (bicyclic) bond motifs is 3. The van der Waals surface area contributed by atoms with E-state index in [1.807, 2.05) is 29.3 Å². The van der Waals surface area contributed by atoms with Crippen LogP contribution in [0.1, 0.15) is 98.1 Å². The van der Waals surface area contributed by atoms with Crippen molar-refractivity contribution in [1.29, 1.82) is 0 Å². The number of thiazole rings is 1. The number of aryl methyl sites for hydroxylation is 1. The van der Waals surface area contributed by atoms with Gasteiger partial charge in [-0.05, 0) is 138 Å². The van der Waals surface area contributed by atoms with Gasteiger partial charge < -0.3 is 25.0 Å². The molecule has 1 saturated heterocycles. The molecule has 1 aromatic carbocycles. The van der Waals surface area contributed by atoms with Crippen molar-refractivity contribution < 1.29 is 14.6 Å². The minimum absolute atomic E-state index is 0.0204. The van der Waals surface area contributed by atoms with Crippen molar-refractivity contribution >= 4 is 50.1 Å². The van der Waals surface area contributed by atoms with Crippen molar-refractivity contribution in [3.05, 3.63) is 64.6 Å². The molecule has 2 N–H and O–H groups in total. The Kier molecular flexibility index (Phi) is 7.91. The molecule has 5 fully saturated rings. The van der Waals surface area contributed by atoms with E-state index in [-0.39, 0.29) is 22.1 Å². The second-order valence-electron chi connectivity index (χ2n) is 19.3. The van der Waals surface area contributed by atoms with E-state index in [4.69, 9.17) is 19.8 Å². The van der Waals surface area contributed by atoms with Gasteiger partial charge in [0.2, 0.25) is 0 Å². The molecular weight excluding hydrogens is 747 g/mol. The summed E-state index contributed by atoms with van der Waals surface area (Å²) in [6.07, 6.45) is 12.2. The Balaban J connectivity index is 0.836. The Labute approximate surface area is 343 Å². The van der Waals surface area contributed by atoms with Gasteiger partial charge in [0.25, 0.3) is 0 Å². The van der Waals surface area contributed by atoms with E-state index in [2.05, 4.69) is 71.8 Å².